The second kappa shape index (κ2) is 5.38. The Morgan fingerprint density at radius 3 is 2.94 bits per heavy atom. The molecule has 0 atom stereocenters. The summed E-state index contributed by atoms with van der Waals surface area (Å²) in [6.07, 6.45) is 2.20. The molecule has 0 aliphatic heterocycles. The summed E-state index contributed by atoms with van der Waals surface area (Å²) in [7, 11) is 0. The van der Waals surface area contributed by atoms with E-state index in [4.69, 9.17) is 9.68 Å². The van der Waals surface area contributed by atoms with Crippen LogP contribution in [0.2, 0.25) is 0 Å². The number of carbonyl (C=O) groups excluding carboxylic acids is 1. The van der Waals surface area contributed by atoms with E-state index in [1.807, 2.05) is 6.92 Å². The van der Waals surface area contributed by atoms with Gasteiger partial charge in [-0.1, -0.05) is 6.92 Å². The molecule has 2 rings (SSSR count). The maximum absolute atomic E-state index is 11.9. The number of rotatable bonds is 3. The molecule has 1 N–H and O–H groups in total. The third kappa shape index (κ3) is 2.63. The zero-order valence-corrected chi connectivity index (χ0v) is 11.9. The third-order valence-electron chi connectivity index (χ3n) is 2.31. The second-order valence-electron chi connectivity index (χ2n) is 3.51. The molecular weight excluding hydrogens is 316 g/mol. The molecule has 2 aromatic heterocycles. The maximum Gasteiger partial charge on any atom is 0.259 e. The molecule has 0 fully saturated rings. The molecule has 0 radical (unpaired) electrons. The standard InChI is InChI=1S/C12H9BrN2O2S/c1-2-9-3-7(5-14)12(18-9)15-11(16)8-4-10(13)17-6-8/h3-4,6H,2H2,1H3,(H,15,16). The van der Waals surface area contributed by atoms with Gasteiger partial charge < -0.3 is 9.73 Å². The summed E-state index contributed by atoms with van der Waals surface area (Å²) in [5, 5.41) is 12.3. The van der Waals surface area contributed by atoms with E-state index < -0.39 is 0 Å². The number of aryl methyl sites for hydroxylation is 1. The lowest BCUT2D eigenvalue weighted by Gasteiger charge is -1.99. The maximum atomic E-state index is 11.9. The third-order valence-corrected chi connectivity index (χ3v) is 3.92. The average Bonchev–Trinajstić information content (AvgIpc) is 2.95. The van der Waals surface area contributed by atoms with Crippen molar-refractivity contribution in [2.75, 3.05) is 5.32 Å². The van der Waals surface area contributed by atoms with Crippen molar-refractivity contribution < 1.29 is 9.21 Å². The fourth-order valence-electron chi connectivity index (χ4n) is 1.40. The number of nitrogens with zero attached hydrogens (tertiary/aromatic N) is 1. The highest BCUT2D eigenvalue weighted by atomic mass is 79.9. The highest BCUT2D eigenvalue weighted by Crippen LogP contribution is 2.28. The predicted molar refractivity (Wildman–Crippen MR) is 72.8 cm³/mol. The van der Waals surface area contributed by atoms with Crippen LogP contribution in [0.4, 0.5) is 5.00 Å². The van der Waals surface area contributed by atoms with Crippen molar-refractivity contribution in [2.24, 2.45) is 0 Å². The lowest BCUT2D eigenvalue weighted by molar-refractivity contribution is 0.102. The monoisotopic (exact) mass is 324 g/mol. The Morgan fingerprint density at radius 1 is 1.61 bits per heavy atom. The van der Waals surface area contributed by atoms with Crippen LogP contribution < -0.4 is 5.32 Å². The van der Waals surface area contributed by atoms with E-state index >= 15 is 0 Å². The first kappa shape index (κ1) is 12.9. The molecule has 92 valence electrons. The second-order valence-corrected chi connectivity index (χ2v) is 5.43. The molecule has 4 nitrogen and oxygen atoms in total. The van der Waals surface area contributed by atoms with Crippen LogP contribution in [0.5, 0.6) is 0 Å². The summed E-state index contributed by atoms with van der Waals surface area (Å²) >= 11 is 4.55. The number of furan rings is 1. The summed E-state index contributed by atoms with van der Waals surface area (Å²) < 4.78 is 5.49. The first-order valence-corrected chi connectivity index (χ1v) is 6.83. The highest BCUT2D eigenvalue weighted by Gasteiger charge is 2.14. The van der Waals surface area contributed by atoms with Gasteiger partial charge in [-0.05, 0) is 28.4 Å². The molecule has 18 heavy (non-hydrogen) atoms. The van der Waals surface area contributed by atoms with Crippen LogP contribution in [-0.4, -0.2) is 5.91 Å². The van der Waals surface area contributed by atoms with Crippen LogP contribution in [-0.2, 0) is 6.42 Å². The molecular formula is C12H9BrN2O2S. The van der Waals surface area contributed by atoms with Crippen molar-refractivity contribution in [1.29, 1.82) is 5.26 Å². The van der Waals surface area contributed by atoms with Crippen molar-refractivity contribution in [2.45, 2.75) is 13.3 Å². The van der Waals surface area contributed by atoms with Crippen LogP contribution in [0, 0.1) is 11.3 Å². The van der Waals surface area contributed by atoms with Gasteiger partial charge in [-0.3, -0.25) is 4.79 Å². The highest BCUT2D eigenvalue weighted by molar-refractivity contribution is 9.10. The summed E-state index contributed by atoms with van der Waals surface area (Å²) in [5.41, 5.74) is 0.907. The van der Waals surface area contributed by atoms with E-state index in [0.717, 1.165) is 11.3 Å². The van der Waals surface area contributed by atoms with Gasteiger partial charge >= 0.3 is 0 Å². The molecule has 0 saturated heterocycles. The number of halogens is 1. The number of carbonyl (C=O) groups is 1. The first-order chi connectivity index (χ1) is 8.63. The van der Waals surface area contributed by atoms with Gasteiger partial charge in [0.05, 0.1) is 11.1 Å². The van der Waals surface area contributed by atoms with Gasteiger partial charge in [-0.25, -0.2) is 0 Å². The van der Waals surface area contributed by atoms with E-state index in [9.17, 15) is 4.79 Å². The zero-order valence-electron chi connectivity index (χ0n) is 9.49. The normalized spacial score (nSPS) is 10.1. The van der Waals surface area contributed by atoms with Crippen molar-refractivity contribution in [1.82, 2.24) is 0 Å². The van der Waals surface area contributed by atoms with Crippen LogP contribution in [0.3, 0.4) is 0 Å². The molecule has 0 spiro atoms. The van der Waals surface area contributed by atoms with Crippen LogP contribution in [0.15, 0.2) is 27.5 Å². The Kier molecular flexibility index (Phi) is 3.84. The smallest absolute Gasteiger partial charge is 0.259 e. The number of nitrogens with one attached hydrogen (secondary N) is 1. The van der Waals surface area contributed by atoms with Gasteiger partial charge in [0.25, 0.3) is 5.91 Å². The number of nitriles is 1. The van der Waals surface area contributed by atoms with Crippen molar-refractivity contribution >= 4 is 38.2 Å². The van der Waals surface area contributed by atoms with Crippen molar-refractivity contribution in [3.05, 3.63) is 39.1 Å². The van der Waals surface area contributed by atoms with Gasteiger partial charge in [-0.15, -0.1) is 11.3 Å². The summed E-state index contributed by atoms with van der Waals surface area (Å²) in [6, 6.07) is 5.45. The molecule has 0 aliphatic carbocycles. The molecule has 2 aromatic rings. The molecule has 0 aliphatic rings. The Bertz CT molecular complexity index is 624. The van der Waals surface area contributed by atoms with Gasteiger partial charge in [0.2, 0.25) is 0 Å². The predicted octanol–water partition coefficient (Wildman–Crippen LogP) is 3.79. The van der Waals surface area contributed by atoms with Crippen LogP contribution in [0.1, 0.15) is 27.7 Å². The quantitative estimate of drug-likeness (QED) is 0.934. The fraction of sp³-hybridized carbons (Fsp3) is 0.167. The summed E-state index contributed by atoms with van der Waals surface area (Å²) in [5.74, 6) is -0.287. The van der Waals surface area contributed by atoms with E-state index in [1.54, 1.807) is 12.1 Å². The Labute approximate surface area is 116 Å². The Hall–Kier alpha value is -1.58. The van der Waals surface area contributed by atoms with Crippen molar-refractivity contribution in [3.63, 3.8) is 0 Å². The fourth-order valence-corrected chi connectivity index (χ4v) is 2.68. The minimum Gasteiger partial charge on any atom is -0.457 e. The zero-order chi connectivity index (χ0) is 13.1. The number of thiophene rings is 1. The molecule has 0 unspecified atom stereocenters. The molecule has 1 amide bonds. The lowest BCUT2D eigenvalue weighted by Crippen LogP contribution is -2.10. The Balaban J connectivity index is 2.21. The summed E-state index contributed by atoms with van der Waals surface area (Å²) in [6.45, 7) is 2.01. The van der Waals surface area contributed by atoms with Gasteiger partial charge in [0.15, 0.2) is 4.67 Å². The Morgan fingerprint density at radius 2 is 2.39 bits per heavy atom. The number of amides is 1. The van der Waals surface area contributed by atoms with E-state index in [0.29, 0.717) is 20.8 Å². The SMILES string of the molecule is CCc1cc(C#N)c(NC(=O)c2coc(Br)c2)s1. The lowest BCUT2D eigenvalue weighted by atomic mass is 10.2. The minimum absolute atomic E-state index is 0.287. The number of anilines is 1. The topological polar surface area (TPSA) is 66.0 Å². The number of hydrogen-bond acceptors (Lipinski definition) is 4. The molecule has 0 saturated carbocycles. The largest absolute Gasteiger partial charge is 0.457 e. The summed E-state index contributed by atoms with van der Waals surface area (Å²) in [4.78, 5) is 13.0. The molecule has 0 aromatic carbocycles. The first-order valence-electron chi connectivity index (χ1n) is 5.22. The molecule has 2 heterocycles. The van der Waals surface area contributed by atoms with Gasteiger partial charge in [-0.2, -0.15) is 5.26 Å². The van der Waals surface area contributed by atoms with E-state index in [2.05, 4.69) is 27.3 Å². The van der Waals surface area contributed by atoms with Crippen LogP contribution in [0.25, 0.3) is 0 Å². The van der Waals surface area contributed by atoms with E-state index in [1.165, 1.54) is 17.6 Å². The molecule has 6 heteroatoms. The van der Waals surface area contributed by atoms with Gasteiger partial charge in [0.1, 0.15) is 17.3 Å². The van der Waals surface area contributed by atoms with Crippen LogP contribution >= 0.6 is 27.3 Å². The minimum atomic E-state index is -0.287. The van der Waals surface area contributed by atoms with E-state index in [-0.39, 0.29) is 5.91 Å². The average molecular weight is 325 g/mol. The van der Waals surface area contributed by atoms with Gasteiger partial charge in [0, 0.05) is 10.9 Å². The number of hydrogen-bond donors (Lipinski definition) is 1. The van der Waals surface area contributed by atoms with Crippen molar-refractivity contribution in [3.8, 4) is 6.07 Å². The molecule has 0 bridgehead atoms.